The van der Waals surface area contributed by atoms with Crippen molar-refractivity contribution in [2.45, 2.75) is 19.9 Å². The zero-order valence-electron chi connectivity index (χ0n) is 14.2. The second-order valence-corrected chi connectivity index (χ2v) is 6.85. The highest BCUT2D eigenvalue weighted by Crippen LogP contribution is 2.28. The first-order valence-corrected chi connectivity index (χ1v) is 8.77. The summed E-state index contributed by atoms with van der Waals surface area (Å²) < 4.78 is 18.1. The van der Waals surface area contributed by atoms with E-state index < -0.39 is 0 Å². The molecule has 2 amide bonds. The fourth-order valence-electron chi connectivity index (χ4n) is 2.45. The van der Waals surface area contributed by atoms with Gasteiger partial charge in [0, 0.05) is 0 Å². The number of carbonyl (C=O) groups is 2. The van der Waals surface area contributed by atoms with Gasteiger partial charge in [-0.05, 0) is 55.3 Å². The van der Waals surface area contributed by atoms with Gasteiger partial charge in [-0.1, -0.05) is 12.1 Å². The molecule has 7 heteroatoms. The zero-order valence-corrected chi connectivity index (χ0v) is 15.0. The lowest BCUT2D eigenvalue weighted by molar-refractivity contribution is 0.0942. The lowest BCUT2D eigenvalue weighted by atomic mass is 10.1. The molecule has 5 nitrogen and oxygen atoms in total. The molecule has 0 fully saturated rings. The molecule has 26 heavy (non-hydrogen) atoms. The van der Waals surface area contributed by atoms with Gasteiger partial charge in [-0.15, -0.1) is 11.3 Å². The SMILES string of the molecule is Cc1cc(NC(=O)c2ccco2)sc1C(=O)N[C@H](C)c1ccc(F)cc1. The van der Waals surface area contributed by atoms with Gasteiger partial charge in [-0.3, -0.25) is 9.59 Å². The molecule has 2 aromatic heterocycles. The standard InChI is InChI=1S/C19H17FN2O3S/c1-11-10-16(22-18(23)15-4-3-9-25-15)26-17(11)19(24)21-12(2)13-5-7-14(20)8-6-13/h3-10,12H,1-2H3,(H,21,24)(H,22,23)/t12-/m1/s1. The Morgan fingerprint density at radius 2 is 1.88 bits per heavy atom. The summed E-state index contributed by atoms with van der Waals surface area (Å²) in [7, 11) is 0. The predicted octanol–water partition coefficient (Wildman–Crippen LogP) is 4.53. The smallest absolute Gasteiger partial charge is 0.291 e. The summed E-state index contributed by atoms with van der Waals surface area (Å²) in [5, 5.41) is 6.16. The first-order chi connectivity index (χ1) is 12.4. The number of benzene rings is 1. The zero-order chi connectivity index (χ0) is 18.7. The normalized spacial score (nSPS) is 11.8. The quantitative estimate of drug-likeness (QED) is 0.691. The number of halogens is 1. The van der Waals surface area contributed by atoms with Crippen molar-refractivity contribution in [1.82, 2.24) is 5.32 Å². The summed E-state index contributed by atoms with van der Waals surface area (Å²) in [4.78, 5) is 25.1. The Morgan fingerprint density at radius 1 is 1.15 bits per heavy atom. The molecule has 0 bridgehead atoms. The van der Waals surface area contributed by atoms with E-state index in [0.29, 0.717) is 9.88 Å². The highest BCUT2D eigenvalue weighted by Gasteiger charge is 2.18. The van der Waals surface area contributed by atoms with Gasteiger partial charge in [-0.2, -0.15) is 0 Å². The molecule has 0 unspecified atom stereocenters. The topological polar surface area (TPSA) is 71.3 Å². The van der Waals surface area contributed by atoms with E-state index in [-0.39, 0.29) is 29.4 Å². The van der Waals surface area contributed by atoms with Gasteiger partial charge in [0.2, 0.25) is 0 Å². The van der Waals surface area contributed by atoms with E-state index in [0.717, 1.165) is 11.1 Å². The van der Waals surface area contributed by atoms with Crippen LogP contribution in [-0.2, 0) is 0 Å². The third-order valence-electron chi connectivity index (χ3n) is 3.82. The number of amides is 2. The van der Waals surface area contributed by atoms with E-state index in [1.807, 2.05) is 6.92 Å². The van der Waals surface area contributed by atoms with E-state index in [9.17, 15) is 14.0 Å². The Hall–Kier alpha value is -2.93. The minimum atomic E-state index is -0.372. The fourth-order valence-corrected chi connectivity index (χ4v) is 3.42. The number of rotatable bonds is 5. The number of hydrogen-bond acceptors (Lipinski definition) is 4. The number of nitrogens with one attached hydrogen (secondary N) is 2. The van der Waals surface area contributed by atoms with Gasteiger partial charge in [0.05, 0.1) is 22.2 Å². The van der Waals surface area contributed by atoms with Crippen molar-refractivity contribution in [2.24, 2.45) is 0 Å². The highest BCUT2D eigenvalue weighted by atomic mass is 32.1. The number of anilines is 1. The third kappa shape index (κ3) is 4.00. The van der Waals surface area contributed by atoms with Gasteiger partial charge >= 0.3 is 0 Å². The Bertz CT molecular complexity index is 917. The Labute approximate surface area is 153 Å². The highest BCUT2D eigenvalue weighted by molar-refractivity contribution is 7.18. The van der Waals surface area contributed by atoms with Crippen molar-refractivity contribution in [3.63, 3.8) is 0 Å². The van der Waals surface area contributed by atoms with Gasteiger partial charge in [0.25, 0.3) is 11.8 Å². The third-order valence-corrected chi connectivity index (χ3v) is 4.97. The summed E-state index contributed by atoms with van der Waals surface area (Å²) in [6.07, 6.45) is 1.42. The van der Waals surface area contributed by atoms with Crippen LogP contribution in [-0.4, -0.2) is 11.8 Å². The second kappa shape index (κ2) is 7.53. The van der Waals surface area contributed by atoms with Crippen molar-refractivity contribution < 1.29 is 18.4 Å². The number of hydrogen-bond donors (Lipinski definition) is 2. The summed E-state index contributed by atoms with van der Waals surface area (Å²) in [6, 6.07) is 10.6. The molecular weight excluding hydrogens is 355 g/mol. The van der Waals surface area contributed by atoms with Crippen LogP contribution >= 0.6 is 11.3 Å². The summed E-state index contributed by atoms with van der Waals surface area (Å²) in [5.74, 6) is -0.740. The van der Waals surface area contributed by atoms with Crippen molar-refractivity contribution in [3.8, 4) is 0 Å². The molecule has 0 aliphatic rings. The first-order valence-electron chi connectivity index (χ1n) is 7.95. The summed E-state index contributed by atoms with van der Waals surface area (Å²) in [5.41, 5.74) is 1.56. The molecule has 3 rings (SSSR count). The maximum atomic E-state index is 13.0. The van der Waals surface area contributed by atoms with Crippen LogP contribution in [0, 0.1) is 12.7 Å². The monoisotopic (exact) mass is 372 g/mol. The van der Waals surface area contributed by atoms with E-state index in [4.69, 9.17) is 4.42 Å². The minimum Gasteiger partial charge on any atom is -0.459 e. The largest absolute Gasteiger partial charge is 0.459 e. The fraction of sp³-hybridized carbons (Fsp3) is 0.158. The lowest BCUT2D eigenvalue weighted by Crippen LogP contribution is -2.26. The molecule has 3 aromatic rings. The Morgan fingerprint density at radius 3 is 2.54 bits per heavy atom. The minimum absolute atomic E-state index is 0.201. The maximum absolute atomic E-state index is 13.0. The van der Waals surface area contributed by atoms with Crippen LogP contribution in [0.3, 0.4) is 0 Å². The van der Waals surface area contributed by atoms with Crippen LogP contribution < -0.4 is 10.6 Å². The van der Waals surface area contributed by atoms with Crippen LogP contribution in [0.1, 0.15) is 44.3 Å². The average molecular weight is 372 g/mol. The van der Waals surface area contributed by atoms with Gasteiger partial charge in [0.1, 0.15) is 5.82 Å². The van der Waals surface area contributed by atoms with Gasteiger partial charge in [0.15, 0.2) is 5.76 Å². The van der Waals surface area contributed by atoms with Crippen LogP contribution in [0.25, 0.3) is 0 Å². The summed E-state index contributed by atoms with van der Waals surface area (Å²) in [6.45, 7) is 3.63. The molecule has 1 atom stereocenters. The Kier molecular flexibility index (Phi) is 5.18. The number of carbonyl (C=O) groups excluding carboxylic acids is 2. The molecule has 0 radical (unpaired) electrons. The number of aryl methyl sites for hydroxylation is 1. The van der Waals surface area contributed by atoms with Gasteiger partial charge in [-0.25, -0.2) is 4.39 Å². The molecule has 134 valence electrons. The molecular formula is C19H17FN2O3S. The van der Waals surface area contributed by atoms with Crippen LogP contribution in [0.4, 0.5) is 9.39 Å². The van der Waals surface area contributed by atoms with Crippen molar-refractivity contribution in [2.75, 3.05) is 5.32 Å². The molecule has 0 spiro atoms. The van der Waals surface area contributed by atoms with Crippen LogP contribution in [0.15, 0.2) is 53.1 Å². The number of thiophene rings is 1. The second-order valence-electron chi connectivity index (χ2n) is 5.80. The Balaban J connectivity index is 1.68. The van der Waals surface area contributed by atoms with Crippen LogP contribution in [0.5, 0.6) is 0 Å². The lowest BCUT2D eigenvalue weighted by Gasteiger charge is -2.14. The number of furan rings is 1. The first kappa shape index (κ1) is 17.9. The molecule has 0 saturated heterocycles. The van der Waals surface area contributed by atoms with Crippen LogP contribution in [0.2, 0.25) is 0 Å². The maximum Gasteiger partial charge on any atom is 0.291 e. The van der Waals surface area contributed by atoms with Crippen molar-refractivity contribution >= 4 is 28.2 Å². The van der Waals surface area contributed by atoms with Crippen molar-refractivity contribution in [3.05, 3.63) is 76.3 Å². The summed E-state index contributed by atoms with van der Waals surface area (Å²) >= 11 is 1.19. The van der Waals surface area contributed by atoms with E-state index in [1.165, 1.54) is 29.7 Å². The molecule has 2 heterocycles. The average Bonchev–Trinajstić information content (AvgIpc) is 3.25. The molecule has 0 saturated carbocycles. The van der Waals surface area contributed by atoms with Gasteiger partial charge < -0.3 is 15.1 Å². The van der Waals surface area contributed by atoms with Crippen molar-refractivity contribution in [1.29, 1.82) is 0 Å². The molecule has 0 aliphatic heterocycles. The van der Waals surface area contributed by atoms with E-state index >= 15 is 0 Å². The molecule has 0 aliphatic carbocycles. The molecule has 1 aromatic carbocycles. The van der Waals surface area contributed by atoms with E-state index in [1.54, 1.807) is 37.3 Å². The molecule has 2 N–H and O–H groups in total. The van der Waals surface area contributed by atoms with E-state index in [2.05, 4.69) is 10.6 Å². The predicted molar refractivity (Wildman–Crippen MR) is 98.0 cm³/mol.